The maximum Gasteiger partial charge on any atom is 0.355 e. The van der Waals surface area contributed by atoms with E-state index in [1.807, 2.05) is 72.3 Å². The summed E-state index contributed by atoms with van der Waals surface area (Å²) in [6.45, 7) is 1.73. The molecule has 6 aromatic rings. The minimum absolute atomic E-state index is 0.0487. The van der Waals surface area contributed by atoms with Crippen LogP contribution in [-0.4, -0.2) is 51.8 Å². The largest absolute Gasteiger partial charge is 0.493 e. The molecule has 0 radical (unpaired) electrons. The van der Waals surface area contributed by atoms with Gasteiger partial charge in [0.05, 0.1) is 36.2 Å². The van der Waals surface area contributed by atoms with Gasteiger partial charge >= 0.3 is 11.4 Å². The Hall–Kier alpha value is -5.46. The zero-order chi connectivity index (χ0) is 28.8. The maximum absolute atomic E-state index is 13.9. The van der Waals surface area contributed by atoms with Crippen molar-refractivity contribution in [3.05, 3.63) is 98.3 Å². The van der Waals surface area contributed by atoms with Gasteiger partial charge in [-0.2, -0.15) is 4.98 Å². The molecule has 1 aliphatic heterocycles. The third-order valence-corrected chi connectivity index (χ3v) is 7.56. The van der Waals surface area contributed by atoms with Crippen LogP contribution in [0.5, 0.6) is 5.75 Å². The topological polar surface area (TPSA) is 153 Å². The van der Waals surface area contributed by atoms with Crippen LogP contribution in [0.4, 0.5) is 11.9 Å². The number of hydrogen-bond acceptors (Lipinski definition) is 9. The average Bonchev–Trinajstić information content (AvgIpc) is 3.69. The van der Waals surface area contributed by atoms with Crippen molar-refractivity contribution >= 4 is 34.0 Å². The number of para-hydroxylation sites is 2. The van der Waals surface area contributed by atoms with Gasteiger partial charge in [-0.25, -0.2) is 23.8 Å². The fourth-order valence-corrected chi connectivity index (χ4v) is 5.44. The highest BCUT2D eigenvalue weighted by molar-refractivity contribution is 5.78. The Bertz CT molecular complexity index is 2090. The molecule has 0 saturated heterocycles. The van der Waals surface area contributed by atoms with Crippen molar-refractivity contribution in [2.75, 3.05) is 24.2 Å². The van der Waals surface area contributed by atoms with Gasteiger partial charge in [-0.3, -0.25) is 4.57 Å². The minimum atomic E-state index is -0.645. The highest BCUT2D eigenvalue weighted by atomic mass is 16.5. The van der Waals surface area contributed by atoms with Crippen molar-refractivity contribution in [1.82, 2.24) is 38.7 Å². The Kier molecular flexibility index (Phi) is 6.18. The summed E-state index contributed by atoms with van der Waals surface area (Å²) in [6.07, 6.45) is 0.812. The first-order valence-corrected chi connectivity index (χ1v) is 13.6. The van der Waals surface area contributed by atoms with E-state index in [9.17, 15) is 9.59 Å². The lowest BCUT2D eigenvalue weighted by molar-refractivity contribution is 0.357. The van der Waals surface area contributed by atoms with Gasteiger partial charge in [0.25, 0.3) is 0 Å². The van der Waals surface area contributed by atoms with Crippen LogP contribution < -0.4 is 27.2 Å². The van der Waals surface area contributed by atoms with Gasteiger partial charge in [0.1, 0.15) is 11.3 Å². The predicted molar refractivity (Wildman–Crippen MR) is 158 cm³/mol. The van der Waals surface area contributed by atoms with Gasteiger partial charge in [-0.05, 0) is 47.0 Å². The summed E-state index contributed by atoms with van der Waals surface area (Å²) in [5.74, 6) is 1.43. The number of anilines is 2. The molecule has 0 spiro atoms. The van der Waals surface area contributed by atoms with Crippen LogP contribution in [0, 0.1) is 0 Å². The molecule has 3 N–H and O–H groups in total. The Morgan fingerprint density at radius 3 is 2.62 bits per heavy atom. The van der Waals surface area contributed by atoms with E-state index in [-0.39, 0.29) is 19.0 Å². The van der Waals surface area contributed by atoms with Gasteiger partial charge < -0.3 is 20.4 Å². The van der Waals surface area contributed by atoms with Crippen molar-refractivity contribution < 1.29 is 4.74 Å². The number of imidazole rings is 1. The van der Waals surface area contributed by atoms with Crippen molar-refractivity contribution in [3.63, 3.8) is 0 Å². The van der Waals surface area contributed by atoms with Crippen LogP contribution in [0.15, 0.2) is 70.3 Å². The van der Waals surface area contributed by atoms with Crippen molar-refractivity contribution in [3.8, 4) is 5.75 Å². The van der Waals surface area contributed by atoms with E-state index in [0.717, 1.165) is 50.0 Å². The summed E-state index contributed by atoms with van der Waals surface area (Å²) in [5, 5.41) is 11.4. The first-order valence-electron chi connectivity index (χ1n) is 13.6. The summed E-state index contributed by atoms with van der Waals surface area (Å²) in [5.41, 5.74) is 11.0. The number of fused-ring (bicyclic) bond motifs is 3. The first kappa shape index (κ1) is 25.5. The van der Waals surface area contributed by atoms with Crippen LogP contribution in [0.25, 0.3) is 22.1 Å². The summed E-state index contributed by atoms with van der Waals surface area (Å²) in [4.78, 5) is 35.8. The molecule has 4 heterocycles. The fourth-order valence-electron chi connectivity index (χ4n) is 5.44. The lowest BCUT2D eigenvalue weighted by Gasteiger charge is -2.16. The zero-order valence-electron chi connectivity index (χ0n) is 22.9. The Labute approximate surface area is 238 Å². The van der Waals surface area contributed by atoms with Gasteiger partial charge in [-0.15, -0.1) is 5.10 Å². The monoisotopic (exact) mass is 564 g/mol. The molecule has 212 valence electrons. The second-order valence-corrected chi connectivity index (χ2v) is 10.3. The molecule has 0 fully saturated rings. The molecular weight excluding hydrogens is 536 g/mol. The van der Waals surface area contributed by atoms with E-state index in [1.54, 1.807) is 4.68 Å². The van der Waals surface area contributed by atoms with Crippen LogP contribution in [0.3, 0.4) is 0 Å². The molecule has 1 aliphatic rings. The number of hydrogen-bond donors (Lipinski definition) is 2. The molecule has 7 rings (SSSR count). The molecule has 0 aliphatic carbocycles. The Morgan fingerprint density at radius 2 is 1.71 bits per heavy atom. The Balaban J connectivity index is 1.22. The zero-order valence-corrected chi connectivity index (χ0v) is 22.9. The predicted octanol–water partition coefficient (Wildman–Crippen LogP) is 1.76. The van der Waals surface area contributed by atoms with Gasteiger partial charge in [0.15, 0.2) is 0 Å². The molecule has 0 amide bonds. The van der Waals surface area contributed by atoms with Gasteiger partial charge in [0.2, 0.25) is 11.9 Å². The molecule has 0 unspecified atom stereocenters. The highest BCUT2D eigenvalue weighted by Crippen LogP contribution is 2.26. The van der Waals surface area contributed by atoms with Crippen molar-refractivity contribution in [2.24, 2.45) is 7.05 Å². The van der Waals surface area contributed by atoms with Crippen LogP contribution in [-0.2, 0) is 33.1 Å². The molecule has 42 heavy (non-hydrogen) atoms. The molecule has 13 heteroatoms. The molecular formula is C29H28N10O3. The second-order valence-electron chi connectivity index (χ2n) is 10.3. The lowest BCUT2D eigenvalue weighted by Crippen LogP contribution is -2.43. The summed E-state index contributed by atoms with van der Waals surface area (Å²) < 4.78 is 11.8. The molecule has 3 aromatic carbocycles. The number of rotatable bonds is 8. The molecule has 13 nitrogen and oxygen atoms in total. The van der Waals surface area contributed by atoms with E-state index in [1.165, 1.54) is 4.57 Å². The van der Waals surface area contributed by atoms with Gasteiger partial charge in [0, 0.05) is 26.6 Å². The molecule has 3 aromatic heterocycles. The lowest BCUT2D eigenvalue weighted by atomic mass is 10.1. The highest BCUT2D eigenvalue weighted by Gasteiger charge is 2.17. The number of aromatic nitrogens is 8. The number of aryl methyl sites for hydroxylation is 1. The number of nitrogens with two attached hydrogens (primary N) is 1. The minimum Gasteiger partial charge on any atom is -0.493 e. The van der Waals surface area contributed by atoms with Gasteiger partial charge in [-0.1, -0.05) is 35.5 Å². The summed E-state index contributed by atoms with van der Waals surface area (Å²) in [7, 11) is 1.81. The summed E-state index contributed by atoms with van der Waals surface area (Å²) >= 11 is 0. The van der Waals surface area contributed by atoms with Crippen molar-refractivity contribution in [2.45, 2.75) is 26.1 Å². The fraction of sp³-hybridized carbons (Fsp3) is 0.241. The normalized spacial score (nSPS) is 12.6. The first-order chi connectivity index (χ1) is 20.4. The van der Waals surface area contributed by atoms with Crippen LogP contribution >= 0.6 is 0 Å². The second kappa shape index (κ2) is 10.2. The summed E-state index contributed by atoms with van der Waals surface area (Å²) in [6, 6.07) is 19.1. The van der Waals surface area contributed by atoms with E-state index >= 15 is 0 Å². The smallest absolute Gasteiger partial charge is 0.355 e. The number of benzene rings is 3. The van der Waals surface area contributed by atoms with E-state index < -0.39 is 11.4 Å². The molecule has 0 bridgehead atoms. The molecule has 0 saturated carbocycles. The number of nitrogens with zero attached hydrogens (tertiary/aromatic N) is 8. The molecule has 0 atom stereocenters. The van der Waals surface area contributed by atoms with E-state index in [4.69, 9.17) is 10.5 Å². The van der Waals surface area contributed by atoms with Crippen LogP contribution in [0.1, 0.15) is 16.7 Å². The number of nitrogen functional groups attached to an aromatic ring is 1. The standard InChI is InChI=1S/C29H28N10O3/c1-36-23-8-6-19(15-22(23)34-35-36)17-39-28(40)33-27(31-11-12-37-24-5-3-2-4-21(24)32-26(37)30)38(29(39)41)16-18-7-9-25-20(14-18)10-13-42-25/h2-9,14-15H,10-13,16-17H2,1H3,(H2,30,32)(H,31,33,40). The quantitative estimate of drug-likeness (QED) is 0.282. The number of ether oxygens (including phenoxy) is 1. The van der Waals surface area contributed by atoms with Crippen molar-refractivity contribution in [1.29, 1.82) is 0 Å². The third-order valence-electron chi connectivity index (χ3n) is 7.56. The SMILES string of the molecule is Cn1nnc2cc(Cn3c(=O)nc(NCCn4c(N)nc5ccccc54)n(Cc4ccc5c(c4)CCO5)c3=O)ccc21. The van der Waals surface area contributed by atoms with E-state index in [0.29, 0.717) is 31.2 Å². The van der Waals surface area contributed by atoms with Crippen LogP contribution in [0.2, 0.25) is 0 Å². The number of nitrogens with one attached hydrogen (secondary N) is 1. The average molecular weight is 565 g/mol. The maximum atomic E-state index is 13.9. The Morgan fingerprint density at radius 1 is 0.905 bits per heavy atom. The third kappa shape index (κ3) is 4.54. The van der Waals surface area contributed by atoms with E-state index in [2.05, 4.69) is 25.6 Å².